The van der Waals surface area contributed by atoms with E-state index in [1.54, 1.807) is 0 Å². The van der Waals surface area contributed by atoms with Gasteiger partial charge in [0.05, 0.1) is 0 Å². The van der Waals surface area contributed by atoms with E-state index in [0.717, 1.165) is 0 Å². The molecule has 0 aromatic carbocycles. The summed E-state index contributed by atoms with van der Waals surface area (Å²) in [5.41, 5.74) is 0. The van der Waals surface area contributed by atoms with Crippen LogP contribution in [-0.2, 0) is 4.43 Å². The van der Waals surface area contributed by atoms with Crippen LogP contribution in [0.25, 0.3) is 0 Å². The van der Waals surface area contributed by atoms with E-state index in [2.05, 4.69) is 4.43 Å². The van der Waals surface area contributed by atoms with Gasteiger partial charge in [0.15, 0.2) is 10.5 Å². The monoisotopic (exact) mass is 198 g/mol. The van der Waals surface area contributed by atoms with E-state index in [9.17, 15) is 26.3 Å². The van der Waals surface area contributed by atoms with Gasteiger partial charge in [-0.1, -0.05) is 0 Å². The van der Waals surface area contributed by atoms with E-state index < -0.39 is 28.9 Å². The Bertz CT molecular complexity index is 136. The summed E-state index contributed by atoms with van der Waals surface area (Å²) in [6.45, 7) is 0. The molecule has 0 N–H and O–H groups in total. The molecule has 0 amide bonds. The maximum absolute atomic E-state index is 11.8. The highest BCUT2D eigenvalue weighted by atomic mass is 28.2. The molecule has 0 fully saturated rings. The van der Waals surface area contributed by atoms with Crippen LogP contribution in [0, 0.1) is 0 Å². The number of rotatable bonds is 3. The Kier molecular flexibility index (Phi) is 2.95. The molecule has 0 bridgehead atoms. The molecule has 0 aliphatic heterocycles. The summed E-state index contributed by atoms with van der Waals surface area (Å²) >= 11 is 0. The van der Waals surface area contributed by atoms with Gasteiger partial charge in [-0.15, -0.1) is 0 Å². The van der Waals surface area contributed by atoms with Crippen LogP contribution >= 0.6 is 0 Å². The third-order valence-corrected chi connectivity index (χ3v) is 1.43. The Morgan fingerprint density at radius 2 is 1.45 bits per heavy atom. The third-order valence-electron chi connectivity index (χ3n) is 0.918. The first-order valence-corrected chi connectivity index (χ1v) is 3.16. The molecule has 0 aliphatic carbocycles. The van der Waals surface area contributed by atoms with Crippen molar-refractivity contribution in [3.05, 3.63) is 0 Å². The molecule has 0 unspecified atom stereocenters. The zero-order chi connectivity index (χ0) is 9.28. The molecule has 0 rings (SSSR count). The first kappa shape index (κ1) is 10.8. The molecule has 68 valence electrons. The Morgan fingerprint density at radius 1 is 1.09 bits per heavy atom. The lowest BCUT2D eigenvalue weighted by Gasteiger charge is -2.23. The second kappa shape index (κ2) is 3.01. The maximum atomic E-state index is 11.8. The molecular weight excluding hydrogens is 194 g/mol. The van der Waals surface area contributed by atoms with Gasteiger partial charge in [0, 0.05) is 0 Å². The highest BCUT2D eigenvalue weighted by Crippen LogP contribution is 2.38. The quantitative estimate of drug-likeness (QED) is 0.481. The SMILES string of the molecule is FC(F)C(F)(F)C(F)(F)O[SiH3]. The van der Waals surface area contributed by atoms with Gasteiger partial charge in [0.2, 0.25) is 0 Å². The molecule has 0 saturated carbocycles. The molecule has 0 aromatic rings. The van der Waals surface area contributed by atoms with Crippen LogP contribution in [0.2, 0.25) is 0 Å². The van der Waals surface area contributed by atoms with Gasteiger partial charge in [0.1, 0.15) is 0 Å². The second-order valence-electron chi connectivity index (χ2n) is 1.64. The largest absolute Gasteiger partial charge is 0.415 e. The van der Waals surface area contributed by atoms with Gasteiger partial charge in [-0.05, 0) is 0 Å². The summed E-state index contributed by atoms with van der Waals surface area (Å²) in [6, 6.07) is 0. The molecular formula is C3H4F6OSi. The van der Waals surface area contributed by atoms with E-state index in [1.807, 2.05) is 0 Å². The van der Waals surface area contributed by atoms with Crippen molar-refractivity contribution in [3.8, 4) is 0 Å². The van der Waals surface area contributed by atoms with Crippen LogP contribution in [0.4, 0.5) is 26.3 Å². The van der Waals surface area contributed by atoms with Crippen molar-refractivity contribution in [2.24, 2.45) is 0 Å². The van der Waals surface area contributed by atoms with Crippen molar-refractivity contribution in [1.29, 1.82) is 0 Å². The minimum atomic E-state index is -5.41. The van der Waals surface area contributed by atoms with Crippen LogP contribution in [0.1, 0.15) is 0 Å². The number of halogens is 6. The van der Waals surface area contributed by atoms with Crippen molar-refractivity contribution < 1.29 is 30.8 Å². The van der Waals surface area contributed by atoms with Crippen LogP contribution < -0.4 is 0 Å². The maximum Gasteiger partial charge on any atom is 0.415 e. The predicted molar refractivity (Wildman–Crippen MR) is 26.9 cm³/mol. The van der Waals surface area contributed by atoms with Gasteiger partial charge < -0.3 is 4.43 Å². The van der Waals surface area contributed by atoms with Gasteiger partial charge in [-0.2, -0.15) is 17.6 Å². The minimum absolute atomic E-state index is 0.739. The van der Waals surface area contributed by atoms with E-state index in [0.29, 0.717) is 0 Å². The fourth-order valence-corrected chi connectivity index (χ4v) is 0.535. The van der Waals surface area contributed by atoms with Crippen LogP contribution in [0.3, 0.4) is 0 Å². The highest BCUT2D eigenvalue weighted by molar-refractivity contribution is 5.98. The molecule has 11 heavy (non-hydrogen) atoms. The van der Waals surface area contributed by atoms with E-state index >= 15 is 0 Å². The second-order valence-corrected chi connectivity index (χ2v) is 2.05. The van der Waals surface area contributed by atoms with Gasteiger partial charge in [-0.25, -0.2) is 8.78 Å². The first-order valence-electron chi connectivity index (χ1n) is 2.34. The van der Waals surface area contributed by atoms with Crippen LogP contribution in [0.5, 0.6) is 0 Å². The van der Waals surface area contributed by atoms with Gasteiger partial charge in [0.25, 0.3) is 0 Å². The van der Waals surface area contributed by atoms with Crippen LogP contribution in [0.15, 0.2) is 0 Å². The summed E-state index contributed by atoms with van der Waals surface area (Å²) in [5.74, 6) is -5.41. The Morgan fingerprint density at radius 3 is 1.55 bits per heavy atom. The molecule has 0 atom stereocenters. The molecule has 0 aliphatic rings. The number of alkyl halides is 6. The first-order chi connectivity index (χ1) is 4.75. The van der Waals surface area contributed by atoms with E-state index in [4.69, 9.17) is 0 Å². The summed E-state index contributed by atoms with van der Waals surface area (Å²) in [6.07, 6.45) is -9.49. The van der Waals surface area contributed by atoms with Gasteiger partial charge >= 0.3 is 18.5 Å². The Balaban J connectivity index is 4.53. The average molecular weight is 198 g/mol. The molecule has 0 spiro atoms. The fraction of sp³-hybridized carbons (Fsp3) is 1.00. The zero-order valence-electron chi connectivity index (χ0n) is 5.25. The Labute approximate surface area is 60.9 Å². The standard InChI is InChI=1S/C3H4F6OSi/c4-1(5)2(6,7)3(8,9)10-11/h1H,11H3. The summed E-state index contributed by atoms with van der Waals surface area (Å²) in [4.78, 5) is 0. The van der Waals surface area contributed by atoms with E-state index in [-0.39, 0.29) is 0 Å². The number of hydrogen-bond donors (Lipinski definition) is 0. The lowest BCUT2D eigenvalue weighted by atomic mass is 10.3. The molecule has 8 heteroatoms. The Hall–Kier alpha value is -0.243. The summed E-state index contributed by atoms with van der Waals surface area (Å²) in [7, 11) is -0.739. The van der Waals surface area contributed by atoms with Crippen LogP contribution in [-0.4, -0.2) is 28.9 Å². The minimum Gasteiger partial charge on any atom is -0.369 e. The number of hydrogen-bond acceptors (Lipinski definition) is 1. The summed E-state index contributed by atoms with van der Waals surface area (Å²) < 4.78 is 72.4. The lowest BCUT2D eigenvalue weighted by molar-refractivity contribution is -0.342. The zero-order valence-corrected chi connectivity index (χ0v) is 7.25. The smallest absolute Gasteiger partial charge is 0.369 e. The fourth-order valence-electron chi connectivity index (χ4n) is 0.263. The lowest BCUT2D eigenvalue weighted by Crippen LogP contribution is -2.47. The van der Waals surface area contributed by atoms with E-state index in [1.165, 1.54) is 0 Å². The third kappa shape index (κ3) is 1.86. The molecule has 0 aromatic heterocycles. The average Bonchev–Trinajstić information content (AvgIpc) is 1.87. The normalized spacial score (nSPS) is 14.5. The van der Waals surface area contributed by atoms with Crippen molar-refractivity contribution in [2.45, 2.75) is 18.5 Å². The van der Waals surface area contributed by atoms with Crippen molar-refractivity contribution >= 4 is 10.5 Å². The molecule has 0 saturated heterocycles. The molecule has 1 nitrogen and oxygen atoms in total. The summed E-state index contributed by atoms with van der Waals surface area (Å²) in [5, 5.41) is 0. The van der Waals surface area contributed by atoms with Crippen molar-refractivity contribution in [3.63, 3.8) is 0 Å². The van der Waals surface area contributed by atoms with Crippen molar-refractivity contribution in [1.82, 2.24) is 0 Å². The molecule has 0 radical (unpaired) electrons. The van der Waals surface area contributed by atoms with Crippen molar-refractivity contribution in [2.75, 3.05) is 0 Å². The predicted octanol–water partition coefficient (Wildman–Crippen LogP) is 0.777. The molecule has 0 heterocycles. The highest BCUT2D eigenvalue weighted by Gasteiger charge is 2.63. The van der Waals surface area contributed by atoms with Gasteiger partial charge in [-0.3, -0.25) is 0 Å². The topological polar surface area (TPSA) is 9.23 Å².